The summed E-state index contributed by atoms with van der Waals surface area (Å²) in [5.41, 5.74) is 3.65. The topological polar surface area (TPSA) is 80.4 Å². The Balaban J connectivity index is 3.66. The van der Waals surface area contributed by atoms with Crippen LogP contribution in [-0.2, 0) is 0 Å². The van der Waals surface area contributed by atoms with E-state index in [0.717, 1.165) is 17.1 Å². The summed E-state index contributed by atoms with van der Waals surface area (Å²) >= 11 is 10.1. The fourth-order valence-electron chi connectivity index (χ4n) is 1.20. The summed E-state index contributed by atoms with van der Waals surface area (Å²) in [7, 11) is 0. The molecule has 0 aliphatic carbocycles. The lowest BCUT2D eigenvalue weighted by atomic mass is 10.1. The normalized spacial score (nSPS) is 9.71. The highest BCUT2D eigenvalue weighted by Gasteiger charge is 2.22. The van der Waals surface area contributed by atoms with Crippen LogP contribution in [0.25, 0.3) is 0 Å². The maximum Gasteiger partial charge on any atom is 0.168 e. The Morgan fingerprint density at radius 1 is 0.529 bits per heavy atom. The first kappa shape index (κ1) is 16.7. The van der Waals surface area contributed by atoms with E-state index in [1.54, 1.807) is 0 Å². The highest BCUT2D eigenvalue weighted by molar-refractivity contribution is 14.1. The lowest BCUT2D eigenvalue weighted by molar-refractivity contribution is 0.481. The Morgan fingerprint density at radius 3 is 1.00 bits per heavy atom. The molecule has 0 aliphatic rings. The van der Waals surface area contributed by atoms with Gasteiger partial charge in [0.1, 0.15) is 11.4 Å². The van der Waals surface area contributed by atoms with E-state index < -0.39 is 0 Å². The number of phenols is 1. The molecule has 0 atom stereocenters. The lowest BCUT2D eigenvalue weighted by Gasteiger charge is -2.20. The monoisotopic (exact) mass is 799 g/mol. The van der Waals surface area contributed by atoms with Crippen LogP contribution in [0.2, 0.25) is 0 Å². The fourth-order valence-corrected chi connectivity index (χ4v) is 3.87. The second kappa shape index (κ2) is 8.07. The van der Waals surface area contributed by atoms with E-state index in [0.29, 0.717) is 11.4 Å². The largest absolute Gasteiger partial charge is 0.504 e. The van der Waals surface area contributed by atoms with Crippen molar-refractivity contribution in [1.29, 1.82) is 0 Å². The molecule has 0 saturated carbocycles. The first-order valence-electron chi connectivity index (χ1n) is 3.92. The second-order valence-corrected chi connectivity index (χ2v) is 5.39. The van der Waals surface area contributed by atoms with Crippen molar-refractivity contribution in [2.45, 2.75) is 0 Å². The van der Waals surface area contributed by atoms with Crippen molar-refractivity contribution in [3.63, 3.8) is 0 Å². The van der Waals surface area contributed by atoms with Gasteiger partial charge in [-0.05, 0) is 0 Å². The first-order valence-corrected chi connectivity index (χ1v) is 9.31. The van der Waals surface area contributed by atoms with Gasteiger partial charge >= 0.3 is 0 Å². The van der Waals surface area contributed by atoms with Crippen molar-refractivity contribution in [1.82, 2.24) is 0 Å². The van der Waals surface area contributed by atoms with E-state index in [4.69, 9.17) is 0 Å². The number of anilines is 5. The molecule has 0 fully saturated rings. The van der Waals surface area contributed by atoms with Crippen LogP contribution in [0.1, 0.15) is 0 Å². The van der Waals surface area contributed by atoms with Crippen LogP contribution in [-0.4, -0.2) is 5.11 Å². The fraction of sp³-hybridized carbons (Fsp3) is 0. The summed E-state index contributed by atoms with van der Waals surface area (Å²) in [5, 5.41) is 10.2. The van der Waals surface area contributed by atoms with Gasteiger partial charge in [0.25, 0.3) is 0 Å². The predicted octanol–water partition coefficient (Wildman–Crippen LogP) is 5.20. The maximum absolute atomic E-state index is 10.2. The average molecular weight is 799 g/mol. The minimum Gasteiger partial charge on any atom is -0.504 e. The van der Waals surface area contributed by atoms with Crippen molar-refractivity contribution in [2.24, 2.45) is 0 Å². The smallest absolute Gasteiger partial charge is 0.168 e. The predicted molar refractivity (Wildman–Crippen MR) is 116 cm³/mol. The number of phenolic OH excluding ortho intramolecular Hbond substituents is 1. The zero-order valence-corrected chi connectivity index (χ0v) is 18.6. The Bertz CT molecular complexity index is 383. The number of halogens is 5. The third-order valence-electron chi connectivity index (χ3n) is 1.95. The van der Waals surface area contributed by atoms with E-state index in [9.17, 15) is 5.11 Å². The Kier molecular flexibility index (Phi) is 7.94. The number of hydrogen-bond acceptors (Lipinski definition) is 6. The van der Waals surface area contributed by atoms with Crippen molar-refractivity contribution >= 4 is 143 Å². The molecule has 1 aromatic carbocycles. The molecular weight excluding hydrogens is 793 g/mol. The Labute approximate surface area is 168 Å². The minimum atomic E-state index is 0.155. The molecule has 0 bridgehead atoms. The van der Waals surface area contributed by atoms with E-state index in [1.807, 2.05) is 91.5 Å². The molecular formula is C6H6I5N5O. The van der Waals surface area contributed by atoms with E-state index in [-0.39, 0.29) is 5.75 Å². The zero-order valence-electron chi connectivity index (χ0n) is 7.84. The van der Waals surface area contributed by atoms with Gasteiger partial charge in [-0.1, -0.05) is 0 Å². The van der Waals surface area contributed by atoms with Crippen molar-refractivity contribution in [2.75, 3.05) is 17.7 Å². The van der Waals surface area contributed by atoms with Crippen molar-refractivity contribution < 1.29 is 5.11 Å². The summed E-state index contributed by atoms with van der Waals surface area (Å²) in [6.07, 6.45) is 0. The molecule has 0 amide bonds. The van der Waals surface area contributed by atoms with E-state index >= 15 is 0 Å². The third-order valence-corrected chi connectivity index (χ3v) is 4.64. The van der Waals surface area contributed by atoms with Crippen LogP contribution >= 0.6 is 114 Å². The quantitative estimate of drug-likeness (QED) is 0.107. The zero-order chi connectivity index (χ0) is 13.0. The molecule has 1 aromatic rings. The molecule has 0 aromatic heterocycles. The highest BCUT2D eigenvalue weighted by atomic mass is 127. The van der Waals surface area contributed by atoms with Gasteiger partial charge in [0.2, 0.25) is 0 Å². The molecule has 11 heteroatoms. The molecule has 0 saturated heterocycles. The van der Waals surface area contributed by atoms with Crippen molar-refractivity contribution in [3.05, 3.63) is 0 Å². The molecule has 0 heterocycles. The molecule has 0 spiro atoms. The number of benzene rings is 1. The molecule has 0 radical (unpaired) electrons. The Hall–Kier alpha value is 1.67. The summed E-state index contributed by atoms with van der Waals surface area (Å²) in [4.78, 5) is 0. The Morgan fingerprint density at radius 2 is 0.765 bits per heavy atom. The van der Waals surface area contributed by atoms with Crippen LogP contribution in [0.15, 0.2) is 0 Å². The average Bonchev–Trinajstić information content (AvgIpc) is 2.36. The van der Waals surface area contributed by atoms with Gasteiger partial charge in [0.15, 0.2) is 5.75 Å². The van der Waals surface area contributed by atoms with Gasteiger partial charge in [0.05, 0.1) is 131 Å². The summed E-state index contributed by atoms with van der Waals surface area (Å²) in [6.45, 7) is 0. The van der Waals surface area contributed by atoms with Gasteiger partial charge in [-0.2, -0.15) is 0 Å². The van der Waals surface area contributed by atoms with Crippen LogP contribution in [0.4, 0.5) is 28.4 Å². The molecule has 0 unspecified atom stereocenters. The van der Waals surface area contributed by atoms with Gasteiger partial charge < -0.3 is 22.8 Å². The summed E-state index contributed by atoms with van der Waals surface area (Å²) in [5.74, 6) is 0.155. The van der Waals surface area contributed by atoms with Gasteiger partial charge in [-0.15, -0.1) is 0 Å². The minimum absolute atomic E-state index is 0.155. The molecule has 6 nitrogen and oxygen atoms in total. The van der Waals surface area contributed by atoms with Crippen molar-refractivity contribution in [3.8, 4) is 5.75 Å². The van der Waals surface area contributed by atoms with E-state index in [2.05, 4.69) is 40.5 Å². The second-order valence-electron chi connectivity index (χ2n) is 2.70. The SMILES string of the molecule is Oc1c(NI)c(NI)c(NI)c(NI)c1NI. The number of aromatic hydroxyl groups is 1. The van der Waals surface area contributed by atoms with E-state index in [1.165, 1.54) is 0 Å². The summed E-state index contributed by atoms with van der Waals surface area (Å²) < 4.78 is 15.1. The molecule has 0 aliphatic heterocycles. The molecule has 17 heavy (non-hydrogen) atoms. The summed E-state index contributed by atoms with van der Waals surface area (Å²) in [6, 6.07) is 0. The van der Waals surface area contributed by atoms with Gasteiger partial charge in [0, 0.05) is 0 Å². The van der Waals surface area contributed by atoms with Crippen LogP contribution < -0.4 is 17.7 Å². The number of nitrogens with one attached hydrogen (secondary N) is 5. The molecule has 6 N–H and O–H groups in total. The molecule has 96 valence electrons. The highest BCUT2D eigenvalue weighted by Crippen LogP contribution is 2.52. The van der Waals surface area contributed by atoms with Crippen LogP contribution in [0.3, 0.4) is 0 Å². The molecule has 1 rings (SSSR count). The number of rotatable bonds is 5. The third kappa shape index (κ3) is 3.41. The van der Waals surface area contributed by atoms with Gasteiger partial charge in [-0.25, -0.2) is 0 Å². The maximum atomic E-state index is 10.2. The standard InChI is InChI=1S/C6H6I5N5O/c7-12-1-2(13-8)4(15-10)6(17)5(16-11)3(1)14-9/h12-17H. The first-order chi connectivity index (χ1) is 8.15. The van der Waals surface area contributed by atoms with Crippen LogP contribution in [0.5, 0.6) is 5.75 Å². The van der Waals surface area contributed by atoms with Crippen LogP contribution in [0, 0.1) is 0 Å². The number of hydrogen-bond donors (Lipinski definition) is 6. The van der Waals surface area contributed by atoms with Gasteiger partial charge in [-0.3, -0.25) is 0 Å². The lowest BCUT2D eigenvalue weighted by Crippen LogP contribution is -2.00.